The third-order valence-electron chi connectivity index (χ3n) is 5.35. The predicted molar refractivity (Wildman–Crippen MR) is 110 cm³/mol. The number of amides is 1. The minimum absolute atomic E-state index is 0.0430. The number of aromatic amines is 1. The number of piperidine rings is 1. The minimum Gasteiger partial charge on any atom is -0.368 e. The van der Waals surface area contributed by atoms with Gasteiger partial charge in [0.15, 0.2) is 0 Å². The molecule has 166 valence electrons. The SMILES string of the molecule is Nc1ncc(-c2ccc(C(F)(F)F)cc2)c([C@H]2CCCN(C(=O)c3ccc(=O)[nH]n3)C2)n1. The highest BCUT2D eigenvalue weighted by molar-refractivity contribution is 5.92. The maximum atomic E-state index is 12.9. The molecule has 1 aromatic carbocycles. The third kappa shape index (κ3) is 4.46. The van der Waals surface area contributed by atoms with Crippen molar-refractivity contribution in [1.29, 1.82) is 0 Å². The summed E-state index contributed by atoms with van der Waals surface area (Å²) < 4.78 is 38.8. The molecule has 0 spiro atoms. The maximum Gasteiger partial charge on any atom is 0.416 e. The van der Waals surface area contributed by atoms with Gasteiger partial charge in [0.2, 0.25) is 5.95 Å². The van der Waals surface area contributed by atoms with E-state index in [4.69, 9.17) is 5.73 Å². The molecule has 1 atom stereocenters. The second-order valence-electron chi connectivity index (χ2n) is 7.50. The van der Waals surface area contributed by atoms with E-state index >= 15 is 0 Å². The molecule has 4 rings (SSSR count). The van der Waals surface area contributed by atoms with Crippen molar-refractivity contribution in [2.75, 3.05) is 18.8 Å². The van der Waals surface area contributed by atoms with Crippen molar-refractivity contribution in [3.63, 3.8) is 0 Å². The zero-order valence-electron chi connectivity index (χ0n) is 16.8. The number of nitrogens with one attached hydrogen (secondary N) is 1. The number of hydrogen-bond donors (Lipinski definition) is 2. The first-order chi connectivity index (χ1) is 15.2. The van der Waals surface area contributed by atoms with Gasteiger partial charge in [-0.2, -0.15) is 18.3 Å². The van der Waals surface area contributed by atoms with Gasteiger partial charge in [0.05, 0.1) is 11.3 Å². The number of alkyl halides is 3. The Balaban J connectivity index is 1.63. The summed E-state index contributed by atoms with van der Waals surface area (Å²) in [5.74, 6) is -0.483. The molecule has 0 saturated carbocycles. The highest BCUT2D eigenvalue weighted by Gasteiger charge is 2.31. The van der Waals surface area contributed by atoms with Crippen molar-refractivity contribution in [2.45, 2.75) is 24.9 Å². The Morgan fingerprint density at radius 3 is 2.56 bits per heavy atom. The van der Waals surface area contributed by atoms with Gasteiger partial charge >= 0.3 is 6.18 Å². The summed E-state index contributed by atoms with van der Waals surface area (Å²) >= 11 is 0. The number of benzene rings is 1. The summed E-state index contributed by atoms with van der Waals surface area (Å²) in [7, 11) is 0. The molecule has 0 aliphatic carbocycles. The first kappa shape index (κ1) is 21.5. The molecule has 1 aliphatic rings. The highest BCUT2D eigenvalue weighted by atomic mass is 19.4. The Bertz CT molecular complexity index is 1170. The van der Waals surface area contributed by atoms with E-state index in [2.05, 4.69) is 20.2 Å². The van der Waals surface area contributed by atoms with Gasteiger partial charge in [0, 0.05) is 36.8 Å². The van der Waals surface area contributed by atoms with Gasteiger partial charge in [0.1, 0.15) is 5.69 Å². The molecule has 0 unspecified atom stereocenters. The van der Waals surface area contributed by atoms with Crippen LogP contribution in [0.15, 0.2) is 47.4 Å². The fourth-order valence-corrected chi connectivity index (χ4v) is 3.79. The molecule has 8 nitrogen and oxygen atoms in total. The van der Waals surface area contributed by atoms with Crippen molar-refractivity contribution in [2.24, 2.45) is 0 Å². The predicted octanol–water partition coefficient (Wildman–Crippen LogP) is 2.85. The summed E-state index contributed by atoms with van der Waals surface area (Å²) in [4.78, 5) is 34.0. The van der Waals surface area contributed by atoms with E-state index in [1.807, 2.05) is 0 Å². The largest absolute Gasteiger partial charge is 0.416 e. The van der Waals surface area contributed by atoms with Gasteiger partial charge in [-0.1, -0.05) is 12.1 Å². The fourth-order valence-electron chi connectivity index (χ4n) is 3.79. The summed E-state index contributed by atoms with van der Waals surface area (Å²) in [6.45, 7) is 0.829. The molecule has 0 bridgehead atoms. The number of carbonyl (C=O) groups is 1. The van der Waals surface area contributed by atoms with Crippen molar-refractivity contribution in [1.82, 2.24) is 25.1 Å². The Labute approximate surface area is 180 Å². The van der Waals surface area contributed by atoms with Crippen molar-refractivity contribution >= 4 is 11.9 Å². The van der Waals surface area contributed by atoms with Crippen LogP contribution in [-0.4, -0.2) is 44.1 Å². The second kappa shape index (κ2) is 8.40. The van der Waals surface area contributed by atoms with Gasteiger partial charge < -0.3 is 10.6 Å². The summed E-state index contributed by atoms with van der Waals surface area (Å²) in [5.41, 5.74) is 6.43. The number of nitrogens with zero attached hydrogens (tertiary/aromatic N) is 4. The number of hydrogen-bond acceptors (Lipinski definition) is 6. The molecule has 3 N–H and O–H groups in total. The summed E-state index contributed by atoms with van der Waals surface area (Å²) in [5, 5.41) is 6.04. The number of anilines is 1. The molecule has 1 fully saturated rings. The van der Waals surface area contributed by atoms with Gasteiger partial charge in [0.25, 0.3) is 11.5 Å². The first-order valence-corrected chi connectivity index (χ1v) is 9.87. The van der Waals surface area contributed by atoms with Gasteiger partial charge in [-0.15, -0.1) is 0 Å². The summed E-state index contributed by atoms with van der Waals surface area (Å²) in [6.07, 6.45) is -1.54. The molecule has 1 amide bonds. The van der Waals surface area contributed by atoms with Crippen LogP contribution in [0.1, 0.15) is 40.5 Å². The maximum absolute atomic E-state index is 12.9. The number of carbonyl (C=O) groups excluding carboxylic acids is 1. The molecular formula is C21H19F3N6O2. The Kier molecular flexibility index (Phi) is 5.64. The number of nitrogen functional groups attached to an aromatic ring is 1. The highest BCUT2D eigenvalue weighted by Crippen LogP contribution is 2.35. The van der Waals surface area contributed by atoms with Crippen LogP contribution in [-0.2, 0) is 6.18 Å². The first-order valence-electron chi connectivity index (χ1n) is 9.87. The zero-order chi connectivity index (χ0) is 22.9. The molecule has 3 aromatic rings. The van der Waals surface area contributed by atoms with Crippen LogP contribution in [0.2, 0.25) is 0 Å². The number of H-pyrrole nitrogens is 1. The number of aromatic nitrogens is 4. The van der Waals surface area contributed by atoms with Crippen LogP contribution in [0.3, 0.4) is 0 Å². The Morgan fingerprint density at radius 2 is 1.91 bits per heavy atom. The van der Waals surface area contributed by atoms with E-state index in [0.29, 0.717) is 42.8 Å². The lowest BCUT2D eigenvalue weighted by atomic mass is 9.89. The van der Waals surface area contributed by atoms with E-state index in [1.54, 1.807) is 4.90 Å². The van der Waals surface area contributed by atoms with Gasteiger partial charge in [-0.3, -0.25) is 9.59 Å². The normalized spacial score (nSPS) is 16.7. The monoisotopic (exact) mass is 444 g/mol. The van der Waals surface area contributed by atoms with Crippen LogP contribution >= 0.6 is 0 Å². The van der Waals surface area contributed by atoms with Crippen LogP contribution in [0, 0.1) is 0 Å². The van der Waals surface area contributed by atoms with E-state index in [-0.39, 0.29) is 23.5 Å². The number of halogens is 3. The topological polar surface area (TPSA) is 118 Å². The molecule has 11 heteroatoms. The van der Waals surface area contributed by atoms with Crippen LogP contribution in [0.25, 0.3) is 11.1 Å². The standard InChI is InChI=1S/C21H19F3N6O2/c22-21(23,24)14-5-3-12(4-6-14)15-10-26-20(25)27-18(15)13-2-1-9-30(11-13)19(32)16-7-8-17(31)29-28-16/h3-8,10,13H,1-2,9,11H2,(H,29,31)(H2,25,26,27)/t13-/m0/s1. The lowest BCUT2D eigenvalue weighted by Crippen LogP contribution is -2.40. The number of rotatable bonds is 3. The molecule has 32 heavy (non-hydrogen) atoms. The fraction of sp³-hybridized carbons (Fsp3) is 0.286. The molecule has 2 aromatic heterocycles. The lowest BCUT2D eigenvalue weighted by Gasteiger charge is -2.33. The molecule has 1 aliphatic heterocycles. The second-order valence-corrected chi connectivity index (χ2v) is 7.50. The van der Waals surface area contributed by atoms with Gasteiger partial charge in [-0.25, -0.2) is 15.1 Å². The van der Waals surface area contributed by atoms with Crippen molar-refractivity contribution in [3.8, 4) is 11.1 Å². The Morgan fingerprint density at radius 1 is 1.16 bits per heavy atom. The average Bonchev–Trinajstić information content (AvgIpc) is 2.79. The lowest BCUT2D eigenvalue weighted by molar-refractivity contribution is -0.137. The summed E-state index contributed by atoms with van der Waals surface area (Å²) in [6, 6.07) is 7.35. The average molecular weight is 444 g/mol. The van der Waals surface area contributed by atoms with Crippen molar-refractivity contribution in [3.05, 3.63) is 69.9 Å². The van der Waals surface area contributed by atoms with Crippen LogP contribution in [0.4, 0.5) is 19.1 Å². The molecule has 1 saturated heterocycles. The minimum atomic E-state index is -4.43. The van der Waals surface area contributed by atoms with Crippen LogP contribution < -0.4 is 11.3 Å². The van der Waals surface area contributed by atoms with Crippen LogP contribution in [0.5, 0.6) is 0 Å². The number of likely N-dealkylation sites (tertiary alicyclic amines) is 1. The number of nitrogens with two attached hydrogens (primary N) is 1. The van der Waals surface area contributed by atoms with E-state index in [9.17, 15) is 22.8 Å². The van der Waals surface area contributed by atoms with E-state index < -0.39 is 17.3 Å². The smallest absolute Gasteiger partial charge is 0.368 e. The van der Waals surface area contributed by atoms with Crippen molar-refractivity contribution < 1.29 is 18.0 Å². The third-order valence-corrected chi connectivity index (χ3v) is 5.35. The van der Waals surface area contributed by atoms with Gasteiger partial charge in [-0.05, 0) is 36.6 Å². The quantitative estimate of drug-likeness (QED) is 0.642. The van der Waals surface area contributed by atoms with E-state index in [1.165, 1.54) is 30.5 Å². The molecule has 0 radical (unpaired) electrons. The zero-order valence-corrected chi connectivity index (χ0v) is 16.8. The van der Waals surface area contributed by atoms with E-state index in [0.717, 1.165) is 12.1 Å². The molecular weight excluding hydrogens is 425 g/mol. The Hall–Kier alpha value is -3.76. The molecule has 3 heterocycles.